The van der Waals surface area contributed by atoms with E-state index in [1.54, 1.807) is 32.9 Å². The molecule has 1 saturated heterocycles. The van der Waals surface area contributed by atoms with Crippen LogP contribution in [0.1, 0.15) is 44.4 Å². The summed E-state index contributed by atoms with van der Waals surface area (Å²) >= 11 is -2.50. The normalized spacial score (nSPS) is 23.4. The zero-order chi connectivity index (χ0) is 19.5. The van der Waals surface area contributed by atoms with Crippen molar-refractivity contribution in [1.29, 1.82) is 0 Å². The number of carbonyl (C=O) groups excluding carboxylic acids is 1. The predicted octanol–water partition coefficient (Wildman–Crippen LogP) is 2.81. The van der Waals surface area contributed by atoms with E-state index in [0.29, 0.717) is 18.5 Å². The van der Waals surface area contributed by atoms with Gasteiger partial charge >= 0.3 is 17.5 Å². The van der Waals surface area contributed by atoms with Gasteiger partial charge in [-0.05, 0) is 39.7 Å². The number of aryl methyl sites for hydroxylation is 1. The number of piperidine rings is 1. The summed E-state index contributed by atoms with van der Waals surface area (Å²) in [6, 6.07) is 7.33. The van der Waals surface area contributed by atoms with Gasteiger partial charge in [0.2, 0.25) is 0 Å². The molecule has 1 fully saturated rings. The fraction of sp³-hybridized carbons (Fsp3) is 0.611. The molecule has 0 aromatic heterocycles. The second-order valence-electron chi connectivity index (χ2n) is 7.59. The maximum Gasteiger partial charge on any atom is 0.410 e. The zero-order valence-electron chi connectivity index (χ0n) is 15.5. The number of likely N-dealkylation sites (tertiary alicyclic amines) is 1. The van der Waals surface area contributed by atoms with Crippen molar-refractivity contribution in [2.24, 2.45) is 5.92 Å². The highest BCUT2D eigenvalue weighted by Gasteiger charge is 2.39. The van der Waals surface area contributed by atoms with Crippen LogP contribution in [0, 0.1) is 12.8 Å². The predicted molar refractivity (Wildman–Crippen MR) is 97.7 cm³/mol. The molecule has 7 nitrogen and oxygen atoms in total. The molecule has 26 heavy (non-hydrogen) atoms. The molecule has 0 saturated carbocycles. The lowest BCUT2D eigenvalue weighted by Gasteiger charge is -2.39. The SMILES string of the molecule is Cc1ccc(C(OS(=O)O)C2CN(C(=O)OC(C)(C)C)CCC2O)cc1. The van der Waals surface area contributed by atoms with Crippen LogP contribution in [0.25, 0.3) is 0 Å². The first kappa shape index (κ1) is 20.8. The monoisotopic (exact) mass is 385 g/mol. The van der Waals surface area contributed by atoms with Gasteiger partial charge in [0, 0.05) is 19.0 Å². The zero-order valence-corrected chi connectivity index (χ0v) is 16.4. The van der Waals surface area contributed by atoms with E-state index in [1.165, 1.54) is 4.90 Å². The summed E-state index contributed by atoms with van der Waals surface area (Å²) in [5.41, 5.74) is 1.09. The van der Waals surface area contributed by atoms with Crippen LogP contribution in [0.5, 0.6) is 0 Å². The highest BCUT2D eigenvalue weighted by molar-refractivity contribution is 7.74. The molecule has 1 aliphatic heterocycles. The van der Waals surface area contributed by atoms with Crippen molar-refractivity contribution in [3.8, 4) is 0 Å². The van der Waals surface area contributed by atoms with Gasteiger partial charge < -0.3 is 14.7 Å². The molecule has 0 aliphatic carbocycles. The van der Waals surface area contributed by atoms with E-state index in [0.717, 1.165) is 5.56 Å². The van der Waals surface area contributed by atoms with E-state index in [-0.39, 0.29) is 6.54 Å². The largest absolute Gasteiger partial charge is 0.444 e. The van der Waals surface area contributed by atoms with E-state index in [9.17, 15) is 18.7 Å². The highest BCUT2D eigenvalue weighted by atomic mass is 32.2. The molecular weight excluding hydrogens is 358 g/mol. The number of rotatable bonds is 4. The van der Waals surface area contributed by atoms with Crippen molar-refractivity contribution in [3.05, 3.63) is 35.4 Å². The lowest BCUT2D eigenvalue weighted by molar-refractivity contribution is -0.0390. The van der Waals surface area contributed by atoms with Crippen molar-refractivity contribution >= 4 is 17.5 Å². The fourth-order valence-electron chi connectivity index (χ4n) is 2.98. The van der Waals surface area contributed by atoms with Crippen molar-refractivity contribution in [3.63, 3.8) is 0 Å². The first-order valence-electron chi connectivity index (χ1n) is 8.57. The number of hydrogen-bond acceptors (Lipinski definition) is 5. The third-order valence-corrected chi connectivity index (χ3v) is 4.62. The Bertz CT molecular complexity index is 642. The Labute approximate surface area is 156 Å². The van der Waals surface area contributed by atoms with E-state index in [4.69, 9.17) is 8.92 Å². The van der Waals surface area contributed by atoms with Gasteiger partial charge in [-0.3, -0.25) is 8.74 Å². The quantitative estimate of drug-likeness (QED) is 0.774. The summed E-state index contributed by atoms with van der Waals surface area (Å²) in [5.74, 6) is -0.546. The summed E-state index contributed by atoms with van der Waals surface area (Å²) in [6.07, 6.45) is -1.71. The van der Waals surface area contributed by atoms with Crippen LogP contribution in [0.15, 0.2) is 24.3 Å². The number of ether oxygens (including phenoxy) is 1. The Balaban J connectivity index is 2.23. The van der Waals surface area contributed by atoms with Gasteiger partial charge in [0.25, 0.3) is 0 Å². The van der Waals surface area contributed by atoms with Crippen LogP contribution in [-0.2, 0) is 20.3 Å². The van der Waals surface area contributed by atoms with Crippen LogP contribution < -0.4 is 0 Å². The van der Waals surface area contributed by atoms with Gasteiger partial charge in [-0.1, -0.05) is 29.8 Å². The van der Waals surface area contributed by atoms with Crippen molar-refractivity contribution in [1.82, 2.24) is 4.90 Å². The summed E-state index contributed by atoms with van der Waals surface area (Å²) < 4.78 is 31.2. The van der Waals surface area contributed by atoms with Gasteiger partial charge in [-0.25, -0.2) is 4.79 Å². The molecule has 0 radical (unpaired) electrons. The van der Waals surface area contributed by atoms with Gasteiger partial charge in [-0.15, -0.1) is 0 Å². The van der Waals surface area contributed by atoms with Crippen molar-refractivity contribution in [2.75, 3.05) is 13.1 Å². The van der Waals surface area contributed by atoms with Crippen LogP contribution in [0.3, 0.4) is 0 Å². The molecular formula is C18H27NO6S. The Morgan fingerprint density at radius 1 is 1.31 bits per heavy atom. The molecule has 0 bridgehead atoms. The second kappa shape index (κ2) is 8.47. The molecule has 1 aliphatic rings. The number of hydrogen-bond donors (Lipinski definition) is 2. The van der Waals surface area contributed by atoms with Crippen LogP contribution >= 0.6 is 0 Å². The lowest BCUT2D eigenvalue weighted by Crippen LogP contribution is -2.49. The Kier molecular flexibility index (Phi) is 6.79. The molecule has 4 atom stereocenters. The minimum atomic E-state index is -2.50. The number of amides is 1. The second-order valence-corrected chi connectivity index (χ2v) is 8.22. The maximum atomic E-state index is 12.4. The standard InChI is InChI=1S/C18H27NO6S/c1-12-5-7-13(8-6-12)16(25-26(22)23)14-11-19(10-9-15(14)20)17(21)24-18(2,3)4/h5-8,14-16,20H,9-11H2,1-4H3,(H,22,23). The first-order valence-corrected chi connectivity index (χ1v) is 9.60. The first-order chi connectivity index (χ1) is 12.1. The average Bonchev–Trinajstić information content (AvgIpc) is 2.52. The fourth-order valence-corrected chi connectivity index (χ4v) is 3.41. The minimum absolute atomic E-state index is 0.172. The number of aliphatic hydroxyl groups excluding tert-OH is 1. The average molecular weight is 385 g/mol. The van der Waals surface area contributed by atoms with Gasteiger partial charge in [-0.2, -0.15) is 4.21 Å². The van der Waals surface area contributed by atoms with E-state index in [1.807, 2.05) is 19.1 Å². The lowest BCUT2D eigenvalue weighted by atomic mass is 9.86. The molecule has 1 aromatic carbocycles. The number of aliphatic hydroxyl groups is 1. The molecule has 146 valence electrons. The third kappa shape index (κ3) is 5.77. The Morgan fingerprint density at radius 2 is 1.92 bits per heavy atom. The molecule has 1 amide bonds. The van der Waals surface area contributed by atoms with Gasteiger partial charge in [0.05, 0.1) is 6.10 Å². The topological polar surface area (TPSA) is 96.3 Å². The summed E-state index contributed by atoms with van der Waals surface area (Å²) in [6.45, 7) is 7.82. The van der Waals surface area contributed by atoms with E-state index < -0.39 is 41.2 Å². The van der Waals surface area contributed by atoms with Crippen LogP contribution in [0.2, 0.25) is 0 Å². The van der Waals surface area contributed by atoms with E-state index >= 15 is 0 Å². The van der Waals surface area contributed by atoms with Crippen molar-refractivity contribution in [2.45, 2.75) is 51.9 Å². The Hall–Kier alpha value is -1.48. The van der Waals surface area contributed by atoms with Crippen molar-refractivity contribution < 1.29 is 27.6 Å². The van der Waals surface area contributed by atoms with Crippen LogP contribution in [-0.4, -0.2) is 49.7 Å². The maximum absolute atomic E-state index is 12.4. The number of carbonyl (C=O) groups is 1. The molecule has 1 aromatic rings. The molecule has 4 unspecified atom stereocenters. The molecule has 2 rings (SSSR count). The van der Waals surface area contributed by atoms with Crippen LogP contribution in [0.4, 0.5) is 4.79 Å². The Morgan fingerprint density at radius 3 is 2.46 bits per heavy atom. The third-order valence-electron chi connectivity index (χ3n) is 4.25. The number of benzene rings is 1. The molecule has 1 heterocycles. The van der Waals surface area contributed by atoms with E-state index in [2.05, 4.69) is 0 Å². The highest BCUT2D eigenvalue weighted by Crippen LogP contribution is 2.34. The summed E-state index contributed by atoms with van der Waals surface area (Å²) in [4.78, 5) is 13.9. The summed E-state index contributed by atoms with van der Waals surface area (Å²) in [7, 11) is 0. The molecule has 2 N–H and O–H groups in total. The minimum Gasteiger partial charge on any atom is -0.444 e. The van der Waals surface area contributed by atoms with Gasteiger partial charge in [0.15, 0.2) is 0 Å². The van der Waals surface area contributed by atoms with Gasteiger partial charge in [0.1, 0.15) is 11.7 Å². The number of nitrogens with zero attached hydrogens (tertiary/aromatic N) is 1. The molecule has 0 spiro atoms. The summed E-state index contributed by atoms with van der Waals surface area (Å²) in [5, 5.41) is 10.5. The smallest absolute Gasteiger partial charge is 0.410 e. The molecule has 8 heteroatoms.